The standard InChI is InChI=1S/C29H38N2.C20H20N2.2BrH/c1-2-5-9-13-19-29-21-17-25-31(27-29)23-15-11-7-3-6-10-14-22-30-24-16-20-28(26-30)18-12-8-4-1;1(3-5-7-11-19-13-9-15-21-17-19)2-4-6-8-12-20-14-10-16-22-18-20;;/h16-17,20-21,24-27H,1-11,14-15,22-23H2;9-10,13-18H,1-6H2;2*1H/q+2;;;/p-2. The fourth-order valence-corrected chi connectivity index (χ4v) is 6.03. The molecule has 288 valence electrons. The van der Waals surface area contributed by atoms with E-state index in [-0.39, 0.29) is 34.0 Å². The van der Waals surface area contributed by atoms with Crippen LogP contribution >= 0.6 is 0 Å². The third-order valence-electron chi connectivity index (χ3n) is 9.01. The molecular weight excluding hydrogens is 804 g/mol. The van der Waals surface area contributed by atoms with Gasteiger partial charge in [0, 0.05) is 86.6 Å². The minimum atomic E-state index is 0. The molecule has 4 aromatic heterocycles. The third kappa shape index (κ3) is 23.4. The highest BCUT2D eigenvalue weighted by Gasteiger charge is 2.03. The molecule has 0 N–H and O–H groups in total. The highest BCUT2D eigenvalue weighted by Crippen LogP contribution is 2.09. The van der Waals surface area contributed by atoms with Gasteiger partial charge in [0.2, 0.25) is 0 Å². The second-order valence-electron chi connectivity index (χ2n) is 13.7. The van der Waals surface area contributed by atoms with Crippen molar-refractivity contribution in [3.8, 4) is 47.4 Å². The summed E-state index contributed by atoms with van der Waals surface area (Å²) in [6.45, 7) is 2.20. The Morgan fingerprint density at radius 3 is 1.38 bits per heavy atom. The highest BCUT2D eigenvalue weighted by atomic mass is 79.9. The van der Waals surface area contributed by atoms with Crippen LogP contribution in [0, 0.1) is 47.4 Å². The lowest BCUT2D eigenvalue weighted by Crippen LogP contribution is -3.00. The number of hydrogen-bond acceptors (Lipinski definition) is 2. The number of halogens is 2. The van der Waals surface area contributed by atoms with Crippen molar-refractivity contribution in [3.05, 3.63) is 120 Å². The molecule has 5 heterocycles. The Bertz CT molecular complexity index is 1710. The van der Waals surface area contributed by atoms with Gasteiger partial charge in [-0.3, -0.25) is 9.97 Å². The first-order chi connectivity index (χ1) is 26.3. The van der Waals surface area contributed by atoms with E-state index >= 15 is 0 Å². The molecule has 6 heteroatoms. The number of pyridine rings is 4. The van der Waals surface area contributed by atoms with Crippen LogP contribution < -0.4 is 43.1 Å². The van der Waals surface area contributed by atoms with Gasteiger partial charge in [0.05, 0.1) is 11.1 Å². The van der Waals surface area contributed by atoms with Gasteiger partial charge in [-0.2, -0.15) is 0 Å². The van der Waals surface area contributed by atoms with Crippen molar-refractivity contribution >= 4 is 0 Å². The van der Waals surface area contributed by atoms with Gasteiger partial charge in [0.25, 0.3) is 0 Å². The summed E-state index contributed by atoms with van der Waals surface area (Å²) in [4.78, 5) is 8.09. The van der Waals surface area contributed by atoms with E-state index in [4.69, 9.17) is 0 Å². The zero-order chi connectivity index (χ0) is 36.7. The molecule has 0 radical (unpaired) electrons. The van der Waals surface area contributed by atoms with Crippen molar-refractivity contribution < 1.29 is 43.1 Å². The van der Waals surface area contributed by atoms with Gasteiger partial charge in [-0.25, -0.2) is 9.13 Å². The van der Waals surface area contributed by atoms with E-state index in [1.165, 1.54) is 83.5 Å². The van der Waals surface area contributed by atoms with Gasteiger partial charge in [-0.15, -0.1) is 0 Å². The predicted octanol–water partition coefficient (Wildman–Crippen LogP) is 3.98. The number of aryl methyl sites for hydroxylation is 2. The molecule has 0 aliphatic carbocycles. The van der Waals surface area contributed by atoms with E-state index in [2.05, 4.69) is 116 Å². The molecule has 0 aromatic carbocycles. The molecule has 1 aliphatic heterocycles. The van der Waals surface area contributed by atoms with Gasteiger partial charge in [-0.1, -0.05) is 92.3 Å². The summed E-state index contributed by atoms with van der Waals surface area (Å²) in [5.74, 6) is 26.1. The fraction of sp³-hybridized carbons (Fsp3) is 0.429. The van der Waals surface area contributed by atoms with Crippen molar-refractivity contribution in [2.45, 2.75) is 135 Å². The summed E-state index contributed by atoms with van der Waals surface area (Å²) in [7, 11) is 0. The van der Waals surface area contributed by atoms with Crippen molar-refractivity contribution in [2.75, 3.05) is 0 Å². The van der Waals surface area contributed by atoms with E-state index in [0.29, 0.717) is 0 Å². The lowest BCUT2D eigenvalue weighted by molar-refractivity contribution is -0.697. The van der Waals surface area contributed by atoms with Crippen LogP contribution in [0.1, 0.15) is 144 Å². The fourth-order valence-electron chi connectivity index (χ4n) is 6.03. The Hall–Kier alpha value is -4.20. The van der Waals surface area contributed by atoms with Crippen LogP contribution in [-0.4, -0.2) is 9.97 Å². The van der Waals surface area contributed by atoms with Gasteiger partial charge in [0.15, 0.2) is 24.8 Å². The smallest absolute Gasteiger partial charge is 0.184 e. The summed E-state index contributed by atoms with van der Waals surface area (Å²) >= 11 is 0. The Labute approximate surface area is 354 Å². The zero-order valence-electron chi connectivity index (χ0n) is 32.6. The third-order valence-corrected chi connectivity index (χ3v) is 9.01. The van der Waals surface area contributed by atoms with Crippen LogP contribution in [-0.2, 0) is 13.1 Å². The highest BCUT2D eigenvalue weighted by molar-refractivity contribution is 5.32. The van der Waals surface area contributed by atoms with Gasteiger partial charge in [0.1, 0.15) is 13.1 Å². The first kappa shape index (κ1) is 47.0. The number of unbranched alkanes of at least 4 members (excludes halogenated alkanes) is 5. The number of fused-ring (bicyclic) bond motifs is 4. The summed E-state index contributed by atoms with van der Waals surface area (Å²) in [6, 6.07) is 16.3. The lowest BCUT2D eigenvalue weighted by atomic mass is 10.1. The normalized spacial score (nSPS) is 13.3. The maximum absolute atomic E-state index is 4.04. The second kappa shape index (κ2) is 32.1. The first-order valence-corrected chi connectivity index (χ1v) is 20.1. The lowest BCUT2D eigenvalue weighted by Gasteiger charge is -2.01. The second-order valence-corrected chi connectivity index (χ2v) is 13.7. The van der Waals surface area contributed by atoms with E-state index in [9.17, 15) is 0 Å². The minimum Gasteiger partial charge on any atom is -1.00 e. The predicted molar refractivity (Wildman–Crippen MR) is 217 cm³/mol. The molecule has 0 saturated carbocycles. The topological polar surface area (TPSA) is 33.5 Å². The zero-order valence-corrected chi connectivity index (χ0v) is 35.8. The van der Waals surface area contributed by atoms with Gasteiger partial charge >= 0.3 is 0 Å². The quantitative estimate of drug-likeness (QED) is 0.173. The molecule has 4 nitrogen and oxygen atoms in total. The number of nitrogens with zero attached hydrogens (tertiary/aromatic N) is 4. The molecule has 1 aliphatic rings. The van der Waals surface area contributed by atoms with Crippen LogP contribution in [0.2, 0.25) is 0 Å². The minimum absolute atomic E-state index is 0. The van der Waals surface area contributed by atoms with Crippen molar-refractivity contribution in [2.24, 2.45) is 0 Å². The Morgan fingerprint density at radius 1 is 0.509 bits per heavy atom. The van der Waals surface area contributed by atoms with Crippen molar-refractivity contribution in [1.82, 2.24) is 9.97 Å². The summed E-state index contributed by atoms with van der Waals surface area (Å²) in [5.41, 5.74) is 4.27. The van der Waals surface area contributed by atoms with E-state index in [1.807, 2.05) is 24.3 Å². The SMILES string of the molecule is C(#Cc1cccnc1)CCCCCCC#Cc1cccnc1.C1#Cc2ccc[n+](c2)CCCCCCCCC[n+]2cccc(c2)C#CCCCCCC1.[Br-].[Br-]. The van der Waals surface area contributed by atoms with E-state index in [1.54, 1.807) is 24.8 Å². The molecule has 4 bridgehead atoms. The molecule has 0 unspecified atom stereocenters. The Kier molecular flexibility index (Phi) is 27.4. The van der Waals surface area contributed by atoms with Gasteiger partial charge in [-0.05, 0) is 74.9 Å². The van der Waals surface area contributed by atoms with Crippen LogP contribution in [0.15, 0.2) is 98.1 Å². The van der Waals surface area contributed by atoms with Crippen LogP contribution in [0.4, 0.5) is 0 Å². The molecule has 0 amide bonds. The molecule has 0 fully saturated rings. The molecular formula is C49H58Br2N4. The molecule has 0 spiro atoms. The molecule has 55 heavy (non-hydrogen) atoms. The summed E-state index contributed by atoms with van der Waals surface area (Å²) in [5, 5.41) is 0. The van der Waals surface area contributed by atoms with Crippen LogP contribution in [0.5, 0.6) is 0 Å². The average Bonchev–Trinajstić information content (AvgIpc) is 3.20. The van der Waals surface area contributed by atoms with Crippen LogP contribution in [0.3, 0.4) is 0 Å². The molecule has 0 atom stereocenters. The maximum atomic E-state index is 4.04. The average molecular weight is 863 g/mol. The van der Waals surface area contributed by atoms with Crippen LogP contribution in [0.25, 0.3) is 0 Å². The van der Waals surface area contributed by atoms with Crippen molar-refractivity contribution in [1.29, 1.82) is 0 Å². The number of aromatic nitrogens is 4. The van der Waals surface area contributed by atoms with E-state index in [0.717, 1.165) is 73.9 Å². The Morgan fingerprint density at radius 2 is 0.945 bits per heavy atom. The summed E-state index contributed by atoms with van der Waals surface area (Å²) < 4.78 is 4.61. The largest absolute Gasteiger partial charge is 1.00 e. The monoisotopic (exact) mass is 860 g/mol. The summed E-state index contributed by atoms with van der Waals surface area (Å²) in [6.07, 6.45) is 38.6. The molecule has 0 saturated heterocycles. The number of hydrogen-bond donors (Lipinski definition) is 0. The molecule has 5 rings (SSSR count). The van der Waals surface area contributed by atoms with E-state index < -0.39 is 0 Å². The number of rotatable bonds is 5. The Balaban J connectivity index is 0.000000387. The first-order valence-electron chi connectivity index (χ1n) is 20.1. The van der Waals surface area contributed by atoms with Gasteiger partial charge < -0.3 is 34.0 Å². The van der Waals surface area contributed by atoms with Crippen molar-refractivity contribution in [3.63, 3.8) is 0 Å². The molecule has 4 aromatic rings. The maximum Gasteiger partial charge on any atom is 0.184 e.